The van der Waals surface area contributed by atoms with Gasteiger partial charge in [0.25, 0.3) is 0 Å². The van der Waals surface area contributed by atoms with Crippen molar-refractivity contribution >= 4 is 5.97 Å². The zero-order valence-corrected chi connectivity index (χ0v) is 9.81. The molecule has 3 nitrogen and oxygen atoms in total. The minimum Gasteiger partial charge on any atom is -0.463 e. The van der Waals surface area contributed by atoms with Gasteiger partial charge in [0, 0.05) is 13.0 Å². The molecule has 1 rings (SSSR count). The van der Waals surface area contributed by atoms with Gasteiger partial charge in [-0.3, -0.25) is 0 Å². The number of carbonyl (C=O) groups is 1. The van der Waals surface area contributed by atoms with Crippen LogP contribution in [0.5, 0.6) is 0 Å². The van der Waals surface area contributed by atoms with Crippen molar-refractivity contribution in [3.63, 3.8) is 0 Å². The van der Waals surface area contributed by atoms with E-state index in [1.54, 1.807) is 6.92 Å². The average Bonchev–Trinajstić information content (AvgIpc) is 2.30. The van der Waals surface area contributed by atoms with E-state index in [9.17, 15) is 4.79 Å². The molecule has 0 saturated heterocycles. The van der Waals surface area contributed by atoms with Crippen molar-refractivity contribution in [2.75, 3.05) is 13.2 Å². The Hall–Kier alpha value is -1.35. The third-order valence-corrected chi connectivity index (χ3v) is 2.23. The Morgan fingerprint density at radius 2 is 2.00 bits per heavy atom. The summed E-state index contributed by atoms with van der Waals surface area (Å²) in [7, 11) is 0. The Morgan fingerprint density at radius 3 is 2.62 bits per heavy atom. The van der Waals surface area contributed by atoms with Crippen LogP contribution in [0, 0.1) is 0 Å². The highest BCUT2D eigenvalue weighted by molar-refractivity contribution is 5.74. The maximum absolute atomic E-state index is 11.4. The minimum atomic E-state index is -0.472. The Morgan fingerprint density at radius 1 is 1.31 bits per heavy atom. The molecule has 16 heavy (non-hydrogen) atoms. The number of carbonyl (C=O) groups excluding carboxylic acids is 1. The maximum atomic E-state index is 11.4. The molecule has 1 aromatic carbocycles. The zero-order chi connectivity index (χ0) is 11.8. The van der Waals surface area contributed by atoms with Gasteiger partial charge in [-0.05, 0) is 19.4 Å². The standard InChI is InChI=1S/C13H18O3/c1-3-15-11(2)13(14)16-10-9-12-7-5-4-6-8-12/h4-8,11H,3,9-10H2,1-2H3. The first-order valence-electron chi connectivity index (χ1n) is 5.56. The molecule has 0 spiro atoms. The van der Waals surface area contributed by atoms with Crippen molar-refractivity contribution in [1.29, 1.82) is 0 Å². The second-order valence-corrected chi connectivity index (χ2v) is 3.50. The van der Waals surface area contributed by atoms with Crippen molar-refractivity contribution in [1.82, 2.24) is 0 Å². The van der Waals surface area contributed by atoms with E-state index in [1.807, 2.05) is 37.3 Å². The minimum absolute atomic E-state index is 0.294. The van der Waals surface area contributed by atoms with Gasteiger partial charge < -0.3 is 9.47 Å². The summed E-state index contributed by atoms with van der Waals surface area (Å²) in [5.74, 6) is -0.294. The van der Waals surface area contributed by atoms with E-state index in [0.717, 1.165) is 6.42 Å². The maximum Gasteiger partial charge on any atom is 0.334 e. The van der Waals surface area contributed by atoms with Gasteiger partial charge in [-0.25, -0.2) is 4.79 Å². The highest BCUT2D eigenvalue weighted by Gasteiger charge is 2.13. The SMILES string of the molecule is CCOC(C)C(=O)OCCc1ccccc1. The third-order valence-electron chi connectivity index (χ3n) is 2.23. The van der Waals surface area contributed by atoms with Gasteiger partial charge in [-0.1, -0.05) is 30.3 Å². The lowest BCUT2D eigenvalue weighted by molar-refractivity contribution is -0.155. The van der Waals surface area contributed by atoms with E-state index in [4.69, 9.17) is 9.47 Å². The Balaban J connectivity index is 2.23. The molecule has 0 aliphatic carbocycles. The summed E-state index contributed by atoms with van der Waals surface area (Å²) in [6, 6.07) is 9.94. The molecule has 0 fully saturated rings. The molecular weight excluding hydrogens is 204 g/mol. The van der Waals surface area contributed by atoms with Crippen LogP contribution >= 0.6 is 0 Å². The second kappa shape index (κ2) is 7.01. The number of esters is 1. The first-order valence-corrected chi connectivity index (χ1v) is 5.56. The van der Waals surface area contributed by atoms with E-state index in [0.29, 0.717) is 13.2 Å². The van der Waals surface area contributed by atoms with Crippen LogP contribution in [0.2, 0.25) is 0 Å². The highest BCUT2D eigenvalue weighted by Crippen LogP contribution is 2.01. The van der Waals surface area contributed by atoms with Crippen molar-refractivity contribution < 1.29 is 14.3 Å². The van der Waals surface area contributed by atoms with E-state index < -0.39 is 6.10 Å². The van der Waals surface area contributed by atoms with Gasteiger partial charge in [0.1, 0.15) is 0 Å². The van der Waals surface area contributed by atoms with Crippen LogP contribution in [0.4, 0.5) is 0 Å². The van der Waals surface area contributed by atoms with Gasteiger partial charge in [0.15, 0.2) is 6.10 Å². The second-order valence-electron chi connectivity index (χ2n) is 3.50. The van der Waals surface area contributed by atoms with Crippen LogP contribution in [0.25, 0.3) is 0 Å². The normalized spacial score (nSPS) is 12.1. The van der Waals surface area contributed by atoms with Crippen molar-refractivity contribution in [2.45, 2.75) is 26.4 Å². The van der Waals surface area contributed by atoms with Crippen LogP contribution in [-0.4, -0.2) is 25.3 Å². The van der Waals surface area contributed by atoms with E-state index >= 15 is 0 Å². The largest absolute Gasteiger partial charge is 0.463 e. The van der Waals surface area contributed by atoms with Gasteiger partial charge in [-0.15, -0.1) is 0 Å². The molecule has 3 heteroatoms. The molecule has 0 saturated carbocycles. The van der Waals surface area contributed by atoms with Crippen LogP contribution in [0.15, 0.2) is 30.3 Å². The monoisotopic (exact) mass is 222 g/mol. The summed E-state index contributed by atoms with van der Waals surface area (Å²) in [5.41, 5.74) is 1.17. The van der Waals surface area contributed by atoms with Crippen molar-refractivity contribution in [2.24, 2.45) is 0 Å². The summed E-state index contributed by atoms with van der Waals surface area (Å²) in [5, 5.41) is 0. The number of ether oxygens (including phenoxy) is 2. The number of rotatable bonds is 6. The van der Waals surface area contributed by atoms with Crippen LogP contribution in [-0.2, 0) is 20.7 Å². The smallest absolute Gasteiger partial charge is 0.334 e. The summed E-state index contributed by atoms with van der Waals surface area (Å²) in [6.45, 7) is 4.48. The lowest BCUT2D eigenvalue weighted by Crippen LogP contribution is -2.24. The molecule has 0 N–H and O–H groups in total. The first kappa shape index (κ1) is 12.7. The molecule has 0 aromatic heterocycles. The lowest BCUT2D eigenvalue weighted by Gasteiger charge is -2.11. The predicted octanol–water partition coefficient (Wildman–Crippen LogP) is 2.20. The first-order chi connectivity index (χ1) is 7.74. The molecule has 1 unspecified atom stereocenters. The zero-order valence-electron chi connectivity index (χ0n) is 9.81. The van der Waals surface area contributed by atoms with Gasteiger partial charge in [-0.2, -0.15) is 0 Å². The van der Waals surface area contributed by atoms with Gasteiger partial charge >= 0.3 is 5.97 Å². The topological polar surface area (TPSA) is 35.5 Å². The number of hydrogen-bond donors (Lipinski definition) is 0. The van der Waals surface area contributed by atoms with Gasteiger partial charge in [0.05, 0.1) is 6.61 Å². The van der Waals surface area contributed by atoms with Crippen molar-refractivity contribution in [3.05, 3.63) is 35.9 Å². The molecule has 0 radical (unpaired) electrons. The van der Waals surface area contributed by atoms with Gasteiger partial charge in [0.2, 0.25) is 0 Å². The third kappa shape index (κ3) is 4.45. The van der Waals surface area contributed by atoms with Crippen LogP contribution in [0.1, 0.15) is 19.4 Å². The summed E-state index contributed by atoms with van der Waals surface area (Å²) >= 11 is 0. The number of benzene rings is 1. The van der Waals surface area contributed by atoms with E-state index in [-0.39, 0.29) is 5.97 Å². The molecule has 0 amide bonds. The quantitative estimate of drug-likeness (QED) is 0.692. The van der Waals surface area contributed by atoms with Crippen molar-refractivity contribution in [3.8, 4) is 0 Å². The molecule has 1 atom stereocenters. The fraction of sp³-hybridized carbons (Fsp3) is 0.462. The molecule has 0 bridgehead atoms. The summed E-state index contributed by atoms with van der Waals surface area (Å²) in [4.78, 5) is 11.4. The van der Waals surface area contributed by atoms with E-state index in [1.165, 1.54) is 5.56 Å². The lowest BCUT2D eigenvalue weighted by atomic mass is 10.2. The Kier molecular flexibility index (Phi) is 5.57. The molecular formula is C13H18O3. The predicted molar refractivity (Wildman–Crippen MR) is 62.2 cm³/mol. The number of hydrogen-bond acceptors (Lipinski definition) is 3. The fourth-order valence-electron chi connectivity index (χ4n) is 1.35. The summed E-state index contributed by atoms with van der Waals surface area (Å²) in [6.07, 6.45) is 0.270. The molecule has 88 valence electrons. The molecule has 0 aliphatic rings. The summed E-state index contributed by atoms with van der Waals surface area (Å²) < 4.78 is 10.2. The molecule has 0 heterocycles. The Labute approximate surface area is 96.4 Å². The van der Waals surface area contributed by atoms with Crippen LogP contribution in [0.3, 0.4) is 0 Å². The molecule has 1 aromatic rings. The Bertz CT molecular complexity index is 308. The van der Waals surface area contributed by atoms with Crippen LogP contribution < -0.4 is 0 Å². The van der Waals surface area contributed by atoms with E-state index in [2.05, 4.69) is 0 Å². The molecule has 0 aliphatic heterocycles. The average molecular weight is 222 g/mol. The fourth-order valence-corrected chi connectivity index (χ4v) is 1.35. The highest BCUT2D eigenvalue weighted by atomic mass is 16.6.